The van der Waals surface area contributed by atoms with Crippen LogP contribution in [0.5, 0.6) is 5.75 Å². The molecule has 3 saturated heterocycles. The maximum atomic E-state index is 12.9. The van der Waals surface area contributed by atoms with Crippen molar-refractivity contribution in [3.05, 3.63) is 29.1 Å². The fourth-order valence-electron chi connectivity index (χ4n) is 4.84. The van der Waals surface area contributed by atoms with Crippen molar-refractivity contribution in [1.82, 2.24) is 10.2 Å². The monoisotopic (exact) mass is 378 g/mol. The molecule has 1 atom stereocenters. The fourth-order valence-corrected chi connectivity index (χ4v) is 5.90. The second-order valence-corrected chi connectivity index (χ2v) is 8.42. The highest BCUT2D eigenvalue weighted by Crippen LogP contribution is 2.53. The van der Waals surface area contributed by atoms with Gasteiger partial charge in [-0.2, -0.15) is 0 Å². The van der Waals surface area contributed by atoms with Crippen molar-refractivity contribution in [2.45, 2.75) is 37.3 Å². The predicted octanol–water partition coefficient (Wildman–Crippen LogP) is 3.69. The summed E-state index contributed by atoms with van der Waals surface area (Å²) in [5, 5.41) is 4.49. The molecule has 6 rings (SSSR count). The van der Waals surface area contributed by atoms with Crippen molar-refractivity contribution >= 4 is 39.7 Å². The molecule has 0 radical (unpaired) electrons. The molecule has 4 aliphatic rings. The number of rotatable bonds is 3. The third-order valence-electron chi connectivity index (χ3n) is 6.22. The number of nitrogens with one attached hydrogen (secondary N) is 1. The quantitative estimate of drug-likeness (QED) is 0.885. The van der Waals surface area contributed by atoms with E-state index in [1.807, 2.05) is 24.3 Å². The molecule has 1 N–H and O–H groups in total. The van der Waals surface area contributed by atoms with Gasteiger partial charge >= 0.3 is 0 Å². The Kier molecular flexibility index (Phi) is 4.21. The Morgan fingerprint density at radius 2 is 2.08 bits per heavy atom. The number of ether oxygens (including phenoxy) is 1. The van der Waals surface area contributed by atoms with E-state index < -0.39 is 0 Å². The summed E-state index contributed by atoms with van der Waals surface area (Å²) >= 11 is 1.54. The summed E-state index contributed by atoms with van der Waals surface area (Å²) in [6, 6.07) is 8.30. The Balaban J connectivity index is 0.00000157. The van der Waals surface area contributed by atoms with Gasteiger partial charge in [-0.15, -0.1) is 23.7 Å². The minimum Gasteiger partial charge on any atom is -0.495 e. The first-order chi connectivity index (χ1) is 11.7. The number of carbonyl (C=O) groups excluding carboxylic acids is 1. The average Bonchev–Trinajstić information content (AvgIpc) is 3.26. The lowest BCUT2D eigenvalue weighted by Gasteiger charge is -2.52. The molecule has 1 aromatic carbocycles. The zero-order valence-corrected chi connectivity index (χ0v) is 15.9. The summed E-state index contributed by atoms with van der Waals surface area (Å²) in [4.78, 5) is 16.3. The van der Waals surface area contributed by atoms with E-state index in [0.29, 0.717) is 12.0 Å². The van der Waals surface area contributed by atoms with Gasteiger partial charge in [-0.3, -0.25) is 9.69 Å². The molecule has 4 heterocycles. The molecular formula is C19H23ClN2O2S. The second-order valence-electron chi connectivity index (χ2n) is 7.37. The number of halogens is 1. The summed E-state index contributed by atoms with van der Waals surface area (Å²) in [6.07, 6.45) is 4.95. The number of hydrogen-bond donors (Lipinski definition) is 1. The summed E-state index contributed by atoms with van der Waals surface area (Å²) < 4.78 is 6.48. The first-order valence-electron chi connectivity index (χ1n) is 8.84. The van der Waals surface area contributed by atoms with E-state index in [1.165, 1.54) is 50.1 Å². The van der Waals surface area contributed by atoms with Crippen LogP contribution in [0.3, 0.4) is 0 Å². The molecule has 1 aromatic heterocycles. The van der Waals surface area contributed by atoms with Gasteiger partial charge in [0, 0.05) is 5.54 Å². The summed E-state index contributed by atoms with van der Waals surface area (Å²) in [5.74, 6) is 1.59. The van der Waals surface area contributed by atoms with Gasteiger partial charge in [0.05, 0.1) is 22.7 Å². The summed E-state index contributed by atoms with van der Waals surface area (Å²) in [6.45, 7) is 2.44. The maximum Gasteiger partial charge on any atom is 0.261 e. The lowest BCUT2D eigenvalue weighted by atomic mass is 9.77. The number of hydrogen-bond acceptors (Lipinski definition) is 4. The van der Waals surface area contributed by atoms with E-state index in [-0.39, 0.29) is 23.9 Å². The molecule has 1 amide bonds. The smallest absolute Gasteiger partial charge is 0.261 e. The van der Waals surface area contributed by atoms with Crippen molar-refractivity contribution in [2.24, 2.45) is 5.92 Å². The molecule has 1 spiro atoms. The Hall–Kier alpha value is -1.30. The van der Waals surface area contributed by atoms with Crippen LogP contribution >= 0.6 is 23.7 Å². The number of piperidine rings is 3. The third-order valence-corrected chi connectivity index (χ3v) is 7.38. The van der Waals surface area contributed by atoms with Crippen LogP contribution in [-0.2, 0) is 0 Å². The Morgan fingerprint density at radius 3 is 2.76 bits per heavy atom. The maximum absolute atomic E-state index is 12.9. The van der Waals surface area contributed by atoms with Gasteiger partial charge < -0.3 is 10.1 Å². The van der Waals surface area contributed by atoms with Crippen LogP contribution in [-0.4, -0.2) is 42.6 Å². The molecule has 134 valence electrons. The highest BCUT2D eigenvalue weighted by Gasteiger charge is 2.60. The molecule has 4 fully saturated rings. The third kappa shape index (κ3) is 2.56. The summed E-state index contributed by atoms with van der Waals surface area (Å²) in [7, 11) is 1.68. The fraction of sp³-hybridized carbons (Fsp3) is 0.526. The molecule has 3 aliphatic heterocycles. The molecule has 1 aliphatic carbocycles. The van der Waals surface area contributed by atoms with Crippen LogP contribution in [0.15, 0.2) is 24.3 Å². The highest BCUT2D eigenvalue weighted by molar-refractivity contribution is 7.21. The van der Waals surface area contributed by atoms with Gasteiger partial charge in [0.1, 0.15) is 5.75 Å². The van der Waals surface area contributed by atoms with E-state index in [9.17, 15) is 4.79 Å². The molecular weight excluding hydrogens is 356 g/mol. The molecule has 0 unspecified atom stereocenters. The Labute approximate surface area is 157 Å². The zero-order valence-electron chi connectivity index (χ0n) is 14.3. The minimum absolute atomic E-state index is 0. The van der Waals surface area contributed by atoms with Crippen LogP contribution in [0, 0.1) is 5.92 Å². The zero-order chi connectivity index (χ0) is 16.3. The first-order valence-corrected chi connectivity index (χ1v) is 9.65. The largest absolute Gasteiger partial charge is 0.495 e. The van der Waals surface area contributed by atoms with E-state index in [1.54, 1.807) is 7.11 Å². The topological polar surface area (TPSA) is 41.6 Å². The Morgan fingerprint density at radius 1 is 1.32 bits per heavy atom. The molecule has 4 nitrogen and oxygen atoms in total. The van der Waals surface area contributed by atoms with E-state index in [0.717, 1.165) is 20.7 Å². The molecule has 2 bridgehead atoms. The number of fused-ring (bicyclic) bond motifs is 3. The standard InChI is InChI=1S/C19H22N2O2S.ClH/c1-23-14-4-2-3-13-11-15(24-16(13)14)18(22)20-17-12-5-9-21(10-6-12)19(17)7-8-19;/h2-4,11-12,17H,5-10H2,1H3,(H,20,22);1H/t17-;/m1./s1. The highest BCUT2D eigenvalue weighted by atomic mass is 35.5. The van der Waals surface area contributed by atoms with Crippen molar-refractivity contribution in [1.29, 1.82) is 0 Å². The van der Waals surface area contributed by atoms with Gasteiger partial charge in [0.25, 0.3) is 5.91 Å². The van der Waals surface area contributed by atoms with Gasteiger partial charge in [0.15, 0.2) is 0 Å². The van der Waals surface area contributed by atoms with Gasteiger partial charge in [-0.05, 0) is 62.2 Å². The molecule has 25 heavy (non-hydrogen) atoms. The number of carbonyl (C=O) groups is 1. The van der Waals surface area contributed by atoms with Crippen LogP contribution in [0.4, 0.5) is 0 Å². The van der Waals surface area contributed by atoms with E-state index in [2.05, 4.69) is 10.2 Å². The van der Waals surface area contributed by atoms with Gasteiger partial charge in [-0.1, -0.05) is 12.1 Å². The van der Waals surface area contributed by atoms with Crippen molar-refractivity contribution < 1.29 is 9.53 Å². The first kappa shape index (κ1) is 17.1. The van der Waals surface area contributed by atoms with Gasteiger partial charge in [0.2, 0.25) is 0 Å². The van der Waals surface area contributed by atoms with Crippen molar-refractivity contribution in [3.63, 3.8) is 0 Å². The molecule has 2 aromatic rings. The number of benzene rings is 1. The molecule has 1 saturated carbocycles. The average molecular weight is 379 g/mol. The SMILES string of the molecule is COc1cccc2cc(C(=O)N[C@@H]3C4CCN(CC4)C34CC4)sc12.Cl. The van der Waals surface area contributed by atoms with Crippen LogP contribution in [0.1, 0.15) is 35.4 Å². The number of nitrogens with zero attached hydrogens (tertiary/aromatic N) is 1. The lowest BCUT2D eigenvalue weighted by molar-refractivity contribution is -0.00138. The summed E-state index contributed by atoms with van der Waals surface area (Å²) in [5.41, 5.74) is 0.283. The number of thiophene rings is 1. The normalized spacial score (nSPS) is 28.6. The van der Waals surface area contributed by atoms with Crippen LogP contribution < -0.4 is 10.1 Å². The predicted molar refractivity (Wildman–Crippen MR) is 103 cm³/mol. The lowest BCUT2D eigenvalue weighted by Crippen LogP contribution is -2.65. The van der Waals surface area contributed by atoms with Crippen LogP contribution in [0.2, 0.25) is 0 Å². The Bertz CT molecular complexity index is 809. The number of methoxy groups -OCH3 is 1. The van der Waals surface area contributed by atoms with E-state index >= 15 is 0 Å². The molecule has 6 heteroatoms. The minimum atomic E-state index is 0. The van der Waals surface area contributed by atoms with Crippen molar-refractivity contribution in [3.8, 4) is 5.75 Å². The van der Waals surface area contributed by atoms with Crippen molar-refractivity contribution in [2.75, 3.05) is 20.2 Å². The second kappa shape index (κ2) is 6.15. The van der Waals surface area contributed by atoms with Crippen LogP contribution in [0.25, 0.3) is 10.1 Å². The van der Waals surface area contributed by atoms with Gasteiger partial charge in [-0.25, -0.2) is 0 Å². The van der Waals surface area contributed by atoms with E-state index in [4.69, 9.17) is 4.74 Å². The number of amides is 1.